The van der Waals surface area contributed by atoms with Crippen LogP contribution in [-0.2, 0) is 13.2 Å². The Morgan fingerprint density at radius 3 is 2.28 bits per heavy atom. The van der Waals surface area contributed by atoms with Crippen LogP contribution >= 0.6 is 0 Å². The second-order valence-electron chi connectivity index (χ2n) is 8.57. The molecule has 0 bridgehead atoms. The molecule has 0 saturated carbocycles. The number of hydrogen-bond donors (Lipinski definition) is 0. The Bertz CT molecular complexity index is 1320. The van der Waals surface area contributed by atoms with Crippen molar-refractivity contribution >= 4 is 12.2 Å². The summed E-state index contributed by atoms with van der Waals surface area (Å²) in [5.41, 5.74) is 2.97. The Labute approximate surface area is 208 Å². The summed E-state index contributed by atoms with van der Waals surface area (Å²) in [4.78, 5) is 30.3. The van der Waals surface area contributed by atoms with Gasteiger partial charge in [-0.25, -0.2) is 4.98 Å². The van der Waals surface area contributed by atoms with E-state index in [1.165, 1.54) is 6.20 Å². The highest BCUT2D eigenvalue weighted by Crippen LogP contribution is 2.31. The first-order valence-electron chi connectivity index (χ1n) is 11.7. The lowest BCUT2D eigenvalue weighted by Gasteiger charge is -2.18. The maximum absolute atomic E-state index is 13.3. The van der Waals surface area contributed by atoms with Gasteiger partial charge in [-0.2, -0.15) is 0 Å². The fraction of sp³-hybridized carbons (Fsp3) is 0.214. The molecule has 0 aliphatic carbocycles. The molecule has 3 heterocycles. The number of likely N-dealkylation sites (tertiary alicyclic amines) is 1. The SMILES string of the molecule is O=Cc1cc(C2CCN(C(=O)c3cc(OCc4ccccc4)c(OCc4ccccc4)cn3)C2)no1. The fourth-order valence-corrected chi connectivity index (χ4v) is 4.13. The van der Waals surface area contributed by atoms with Gasteiger partial charge in [-0.05, 0) is 17.5 Å². The maximum atomic E-state index is 13.3. The monoisotopic (exact) mass is 483 g/mol. The van der Waals surface area contributed by atoms with Gasteiger partial charge in [0.25, 0.3) is 5.91 Å². The summed E-state index contributed by atoms with van der Waals surface area (Å²) in [7, 11) is 0. The maximum Gasteiger partial charge on any atom is 0.272 e. The van der Waals surface area contributed by atoms with E-state index in [2.05, 4.69) is 10.1 Å². The number of aromatic nitrogens is 2. The van der Waals surface area contributed by atoms with Crippen molar-refractivity contribution in [2.45, 2.75) is 25.6 Å². The molecule has 1 fully saturated rings. The topological polar surface area (TPSA) is 94.8 Å². The Kier molecular flexibility index (Phi) is 7.02. The first-order valence-corrected chi connectivity index (χ1v) is 11.7. The minimum atomic E-state index is -0.198. The van der Waals surface area contributed by atoms with E-state index < -0.39 is 0 Å². The molecule has 8 heteroatoms. The lowest BCUT2D eigenvalue weighted by Crippen LogP contribution is -2.29. The number of amides is 1. The third kappa shape index (κ3) is 5.43. The number of aldehydes is 1. The van der Waals surface area contributed by atoms with Crippen LogP contribution in [0.5, 0.6) is 11.5 Å². The highest BCUT2D eigenvalue weighted by molar-refractivity contribution is 5.93. The van der Waals surface area contributed by atoms with E-state index in [9.17, 15) is 9.59 Å². The number of benzene rings is 2. The van der Waals surface area contributed by atoms with Crippen LogP contribution in [0.3, 0.4) is 0 Å². The van der Waals surface area contributed by atoms with E-state index in [1.807, 2.05) is 60.7 Å². The second kappa shape index (κ2) is 10.9. The zero-order valence-electron chi connectivity index (χ0n) is 19.6. The van der Waals surface area contributed by atoms with Crippen molar-refractivity contribution in [2.75, 3.05) is 13.1 Å². The highest BCUT2D eigenvalue weighted by atomic mass is 16.5. The van der Waals surface area contributed by atoms with Crippen molar-refractivity contribution < 1.29 is 23.6 Å². The summed E-state index contributed by atoms with van der Waals surface area (Å²) in [6.45, 7) is 1.71. The van der Waals surface area contributed by atoms with Gasteiger partial charge in [0.1, 0.15) is 18.9 Å². The summed E-state index contributed by atoms with van der Waals surface area (Å²) in [6, 6.07) is 22.9. The second-order valence-corrected chi connectivity index (χ2v) is 8.57. The summed E-state index contributed by atoms with van der Waals surface area (Å²) in [5.74, 6) is 0.915. The molecule has 2 aromatic heterocycles. The molecule has 0 N–H and O–H groups in total. The Hall–Kier alpha value is -4.46. The third-order valence-electron chi connectivity index (χ3n) is 6.08. The van der Waals surface area contributed by atoms with Gasteiger partial charge in [0, 0.05) is 31.1 Å². The van der Waals surface area contributed by atoms with E-state index in [1.54, 1.807) is 17.0 Å². The van der Waals surface area contributed by atoms with Crippen molar-refractivity contribution in [3.05, 3.63) is 107 Å². The number of nitrogens with zero attached hydrogens (tertiary/aromatic N) is 3. The van der Waals surface area contributed by atoms with Crippen LogP contribution in [0.25, 0.3) is 0 Å². The van der Waals surface area contributed by atoms with Crippen LogP contribution in [0.4, 0.5) is 0 Å². The number of carbonyl (C=O) groups is 2. The van der Waals surface area contributed by atoms with E-state index in [-0.39, 0.29) is 23.3 Å². The van der Waals surface area contributed by atoms with Crippen LogP contribution in [-0.4, -0.2) is 40.3 Å². The molecular weight excluding hydrogens is 458 g/mol. The molecule has 0 spiro atoms. The molecule has 5 rings (SSSR count). The first-order chi connectivity index (χ1) is 17.7. The minimum Gasteiger partial charge on any atom is -0.485 e. The average molecular weight is 484 g/mol. The summed E-state index contributed by atoms with van der Waals surface area (Å²) in [5, 5.41) is 3.96. The lowest BCUT2D eigenvalue weighted by molar-refractivity contribution is 0.0783. The van der Waals surface area contributed by atoms with Crippen molar-refractivity contribution in [1.82, 2.24) is 15.0 Å². The van der Waals surface area contributed by atoms with Gasteiger partial charge in [0.2, 0.25) is 0 Å². The standard InChI is InChI=1S/C28H25N3O5/c32-17-23-13-24(30-36-23)22-11-12-31(16-22)28(33)25-14-26(34-18-20-7-3-1-4-8-20)27(15-29-25)35-19-21-9-5-2-6-10-21/h1-10,13-15,17,22H,11-12,16,18-19H2. The zero-order valence-corrected chi connectivity index (χ0v) is 19.6. The van der Waals surface area contributed by atoms with E-state index in [0.717, 1.165) is 17.5 Å². The van der Waals surface area contributed by atoms with Crippen molar-refractivity contribution in [2.24, 2.45) is 0 Å². The molecule has 182 valence electrons. The zero-order chi connectivity index (χ0) is 24.7. The molecule has 4 aromatic rings. The predicted octanol–water partition coefficient (Wildman–Crippen LogP) is 4.67. The van der Waals surface area contributed by atoms with Crippen molar-refractivity contribution in [3.8, 4) is 11.5 Å². The van der Waals surface area contributed by atoms with Gasteiger partial charge < -0.3 is 18.9 Å². The molecule has 1 saturated heterocycles. The molecule has 2 aromatic carbocycles. The van der Waals surface area contributed by atoms with Gasteiger partial charge in [-0.3, -0.25) is 9.59 Å². The van der Waals surface area contributed by atoms with Gasteiger partial charge in [-0.1, -0.05) is 65.8 Å². The molecule has 1 atom stereocenters. The van der Waals surface area contributed by atoms with E-state index in [4.69, 9.17) is 14.0 Å². The predicted molar refractivity (Wildman–Crippen MR) is 131 cm³/mol. The van der Waals surface area contributed by atoms with Crippen LogP contribution in [0.15, 0.2) is 83.5 Å². The summed E-state index contributed by atoms with van der Waals surface area (Å²) in [6.07, 6.45) is 2.89. The van der Waals surface area contributed by atoms with E-state index in [0.29, 0.717) is 49.8 Å². The van der Waals surface area contributed by atoms with Crippen molar-refractivity contribution in [3.63, 3.8) is 0 Å². The fourth-order valence-electron chi connectivity index (χ4n) is 4.13. The van der Waals surface area contributed by atoms with Crippen LogP contribution in [0.1, 0.15) is 50.2 Å². The van der Waals surface area contributed by atoms with Crippen LogP contribution in [0.2, 0.25) is 0 Å². The molecule has 1 aliphatic heterocycles. The van der Waals surface area contributed by atoms with Gasteiger partial charge in [0.15, 0.2) is 23.5 Å². The highest BCUT2D eigenvalue weighted by Gasteiger charge is 2.31. The first kappa shape index (κ1) is 23.3. The molecule has 8 nitrogen and oxygen atoms in total. The summed E-state index contributed by atoms with van der Waals surface area (Å²) >= 11 is 0. The Morgan fingerprint density at radius 2 is 1.64 bits per heavy atom. The molecule has 1 aliphatic rings. The molecule has 0 radical (unpaired) electrons. The van der Waals surface area contributed by atoms with Crippen molar-refractivity contribution in [1.29, 1.82) is 0 Å². The third-order valence-corrected chi connectivity index (χ3v) is 6.08. The van der Waals surface area contributed by atoms with Crippen LogP contribution < -0.4 is 9.47 Å². The van der Waals surface area contributed by atoms with E-state index >= 15 is 0 Å². The Morgan fingerprint density at radius 1 is 0.972 bits per heavy atom. The number of carbonyl (C=O) groups excluding carboxylic acids is 2. The van der Waals surface area contributed by atoms with Gasteiger partial charge in [-0.15, -0.1) is 0 Å². The number of pyridine rings is 1. The average Bonchev–Trinajstić information content (AvgIpc) is 3.62. The van der Waals surface area contributed by atoms with Gasteiger partial charge >= 0.3 is 0 Å². The summed E-state index contributed by atoms with van der Waals surface area (Å²) < 4.78 is 17.1. The Balaban J connectivity index is 1.32. The molecule has 1 unspecified atom stereocenters. The largest absolute Gasteiger partial charge is 0.485 e. The number of ether oxygens (including phenoxy) is 2. The number of hydrogen-bond acceptors (Lipinski definition) is 7. The normalized spacial score (nSPS) is 15.0. The van der Waals surface area contributed by atoms with Crippen LogP contribution in [0, 0.1) is 0 Å². The lowest BCUT2D eigenvalue weighted by atomic mass is 10.1. The minimum absolute atomic E-state index is 0.00804. The van der Waals surface area contributed by atoms with Gasteiger partial charge in [0.05, 0.1) is 11.9 Å². The molecule has 36 heavy (non-hydrogen) atoms. The quantitative estimate of drug-likeness (QED) is 0.319. The molecular formula is C28H25N3O5. The molecule has 1 amide bonds. The smallest absolute Gasteiger partial charge is 0.272 e. The number of rotatable bonds is 9.